The Morgan fingerprint density at radius 2 is 2.33 bits per heavy atom. The molecule has 0 heterocycles. The SMILES string of the molecule is O=C(CBr)Nc1cccc(O)c1. The molecule has 0 saturated heterocycles. The van der Waals surface area contributed by atoms with Gasteiger partial charge in [0.2, 0.25) is 5.91 Å². The summed E-state index contributed by atoms with van der Waals surface area (Å²) in [5, 5.41) is 11.9. The molecule has 0 spiro atoms. The van der Waals surface area contributed by atoms with E-state index in [4.69, 9.17) is 5.11 Å². The molecule has 0 bridgehead atoms. The highest BCUT2D eigenvalue weighted by Crippen LogP contribution is 2.15. The van der Waals surface area contributed by atoms with Crippen molar-refractivity contribution in [2.24, 2.45) is 0 Å². The molecule has 1 amide bonds. The number of benzene rings is 1. The molecular formula is C8H8BrNO2. The maximum absolute atomic E-state index is 10.9. The molecule has 0 fully saturated rings. The maximum atomic E-state index is 10.9. The molecule has 1 aromatic carbocycles. The first-order valence-corrected chi connectivity index (χ1v) is 4.49. The van der Waals surface area contributed by atoms with Gasteiger partial charge >= 0.3 is 0 Å². The Labute approximate surface area is 78.5 Å². The minimum atomic E-state index is -0.138. The first-order valence-electron chi connectivity index (χ1n) is 3.37. The lowest BCUT2D eigenvalue weighted by Gasteiger charge is -2.02. The Balaban J connectivity index is 2.69. The maximum Gasteiger partial charge on any atom is 0.235 e. The van der Waals surface area contributed by atoms with Gasteiger partial charge in [0.25, 0.3) is 0 Å². The highest BCUT2D eigenvalue weighted by molar-refractivity contribution is 9.09. The summed E-state index contributed by atoms with van der Waals surface area (Å²) in [5.74, 6) is 0.00275. The van der Waals surface area contributed by atoms with Crippen LogP contribution in [0.1, 0.15) is 0 Å². The van der Waals surface area contributed by atoms with Crippen LogP contribution in [0.5, 0.6) is 5.75 Å². The van der Waals surface area contributed by atoms with Gasteiger partial charge in [0.1, 0.15) is 5.75 Å². The van der Waals surface area contributed by atoms with E-state index in [9.17, 15) is 4.79 Å². The Bertz CT molecular complexity index is 288. The zero-order valence-corrected chi connectivity index (χ0v) is 7.84. The van der Waals surface area contributed by atoms with Gasteiger partial charge in [-0.2, -0.15) is 0 Å². The van der Waals surface area contributed by atoms with Crippen molar-refractivity contribution >= 4 is 27.5 Å². The molecule has 0 aliphatic rings. The number of phenols is 1. The van der Waals surface area contributed by atoms with Crippen molar-refractivity contribution in [3.8, 4) is 5.75 Å². The topological polar surface area (TPSA) is 49.3 Å². The third-order valence-electron chi connectivity index (χ3n) is 1.25. The molecular weight excluding hydrogens is 222 g/mol. The minimum absolute atomic E-state index is 0.138. The molecule has 0 saturated carbocycles. The molecule has 0 aliphatic carbocycles. The van der Waals surface area contributed by atoms with E-state index in [-0.39, 0.29) is 17.0 Å². The van der Waals surface area contributed by atoms with E-state index in [2.05, 4.69) is 21.2 Å². The number of hydrogen-bond donors (Lipinski definition) is 2. The predicted molar refractivity (Wildman–Crippen MR) is 50.5 cm³/mol. The van der Waals surface area contributed by atoms with Crippen molar-refractivity contribution in [3.63, 3.8) is 0 Å². The van der Waals surface area contributed by atoms with Crippen molar-refractivity contribution in [1.29, 1.82) is 0 Å². The molecule has 64 valence electrons. The van der Waals surface area contributed by atoms with Crippen molar-refractivity contribution in [2.45, 2.75) is 0 Å². The van der Waals surface area contributed by atoms with Crippen LogP contribution in [0.4, 0.5) is 5.69 Å². The molecule has 3 nitrogen and oxygen atoms in total. The van der Waals surface area contributed by atoms with E-state index < -0.39 is 0 Å². The van der Waals surface area contributed by atoms with Crippen molar-refractivity contribution in [2.75, 3.05) is 10.6 Å². The molecule has 0 radical (unpaired) electrons. The van der Waals surface area contributed by atoms with Crippen molar-refractivity contribution < 1.29 is 9.90 Å². The quantitative estimate of drug-likeness (QED) is 0.760. The van der Waals surface area contributed by atoms with Crippen LogP contribution in [0, 0.1) is 0 Å². The third-order valence-corrected chi connectivity index (χ3v) is 1.76. The zero-order chi connectivity index (χ0) is 8.97. The Morgan fingerprint density at radius 1 is 1.58 bits per heavy atom. The number of rotatable bonds is 2. The number of hydrogen-bond acceptors (Lipinski definition) is 2. The molecule has 12 heavy (non-hydrogen) atoms. The summed E-state index contributed by atoms with van der Waals surface area (Å²) in [7, 11) is 0. The molecule has 4 heteroatoms. The van der Waals surface area contributed by atoms with Gasteiger partial charge in [-0.05, 0) is 12.1 Å². The van der Waals surface area contributed by atoms with Gasteiger partial charge in [0, 0.05) is 11.8 Å². The number of amides is 1. The van der Waals surface area contributed by atoms with E-state index >= 15 is 0 Å². The van der Waals surface area contributed by atoms with E-state index in [1.54, 1.807) is 18.2 Å². The normalized spacial score (nSPS) is 9.42. The van der Waals surface area contributed by atoms with Gasteiger partial charge in [-0.25, -0.2) is 0 Å². The second-order valence-electron chi connectivity index (χ2n) is 2.23. The van der Waals surface area contributed by atoms with Gasteiger partial charge in [0.05, 0.1) is 5.33 Å². The summed E-state index contributed by atoms with van der Waals surface area (Å²) < 4.78 is 0. The number of nitrogens with one attached hydrogen (secondary N) is 1. The van der Waals surface area contributed by atoms with Crippen LogP contribution in [-0.2, 0) is 4.79 Å². The number of phenolic OH excluding ortho intramolecular Hbond substituents is 1. The summed E-state index contributed by atoms with van der Waals surface area (Å²) in [6.07, 6.45) is 0. The predicted octanol–water partition coefficient (Wildman–Crippen LogP) is 1.73. The van der Waals surface area contributed by atoms with Crippen LogP contribution in [0.25, 0.3) is 0 Å². The standard InChI is InChI=1S/C8H8BrNO2/c9-5-8(12)10-6-2-1-3-7(11)4-6/h1-4,11H,5H2,(H,10,12). The highest BCUT2D eigenvalue weighted by Gasteiger charge is 1.98. The molecule has 1 rings (SSSR count). The fourth-order valence-corrected chi connectivity index (χ4v) is 0.918. The third kappa shape index (κ3) is 2.54. The molecule has 0 aromatic heterocycles. The fraction of sp³-hybridized carbons (Fsp3) is 0.125. The van der Waals surface area contributed by atoms with Crippen LogP contribution >= 0.6 is 15.9 Å². The van der Waals surface area contributed by atoms with Gasteiger partial charge in [-0.3, -0.25) is 4.79 Å². The fourth-order valence-electron chi connectivity index (χ4n) is 0.778. The largest absolute Gasteiger partial charge is 0.508 e. The van der Waals surface area contributed by atoms with Gasteiger partial charge < -0.3 is 10.4 Å². The molecule has 0 aliphatic heterocycles. The van der Waals surface area contributed by atoms with Crippen LogP contribution in [0.3, 0.4) is 0 Å². The minimum Gasteiger partial charge on any atom is -0.508 e. The number of alkyl halides is 1. The first kappa shape index (κ1) is 9.06. The summed E-state index contributed by atoms with van der Waals surface area (Å²) in [6, 6.07) is 6.41. The molecule has 0 atom stereocenters. The lowest BCUT2D eigenvalue weighted by Crippen LogP contribution is -2.11. The van der Waals surface area contributed by atoms with Crippen LogP contribution in [0.2, 0.25) is 0 Å². The van der Waals surface area contributed by atoms with Crippen molar-refractivity contribution in [1.82, 2.24) is 0 Å². The lowest BCUT2D eigenvalue weighted by molar-refractivity contribution is -0.113. The summed E-state index contributed by atoms with van der Waals surface area (Å²) in [4.78, 5) is 10.9. The molecule has 1 aromatic rings. The zero-order valence-electron chi connectivity index (χ0n) is 6.25. The second-order valence-corrected chi connectivity index (χ2v) is 2.79. The van der Waals surface area contributed by atoms with E-state index in [0.717, 1.165) is 0 Å². The highest BCUT2D eigenvalue weighted by atomic mass is 79.9. The van der Waals surface area contributed by atoms with E-state index in [1.807, 2.05) is 0 Å². The summed E-state index contributed by atoms with van der Waals surface area (Å²) in [6.45, 7) is 0. The van der Waals surface area contributed by atoms with Gasteiger partial charge in [-0.15, -0.1) is 0 Å². The van der Waals surface area contributed by atoms with Gasteiger partial charge in [0.15, 0.2) is 0 Å². The Morgan fingerprint density at radius 3 is 2.92 bits per heavy atom. The molecule has 0 unspecified atom stereocenters. The average molecular weight is 230 g/mol. The smallest absolute Gasteiger partial charge is 0.235 e. The second kappa shape index (κ2) is 4.11. The Hall–Kier alpha value is -1.03. The number of carbonyl (C=O) groups excluding carboxylic acids is 1. The lowest BCUT2D eigenvalue weighted by atomic mass is 10.3. The summed E-state index contributed by atoms with van der Waals surface area (Å²) >= 11 is 3.02. The number of halogens is 1. The molecule has 2 N–H and O–H groups in total. The van der Waals surface area contributed by atoms with E-state index in [1.165, 1.54) is 6.07 Å². The Kier molecular flexibility index (Phi) is 3.10. The number of carbonyl (C=O) groups is 1. The van der Waals surface area contributed by atoms with Crippen LogP contribution in [0.15, 0.2) is 24.3 Å². The first-order chi connectivity index (χ1) is 5.72. The van der Waals surface area contributed by atoms with Crippen LogP contribution < -0.4 is 5.32 Å². The van der Waals surface area contributed by atoms with Crippen molar-refractivity contribution in [3.05, 3.63) is 24.3 Å². The van der Waals surface area contributed by atoms with Gasteiger partial charge in [-0.1, -0.05) is 22.0 Å². The summed E-state index contributed by atoms with van der Waals surface area (Å²) in [5.41, 5.74) is 0.597. The monoisotopic (exact) mass is 229 g/mol. The average Bonchev–Trinajstić information content (AvgIpc) is 2.04. The number of anilines is 1. The van der Waals surface area contributed by atoms with Crippen LogP contribution in [-0.4, -0.2) is 16.3 Å². The number of aromatic hydroxyl groups is 1. The van der Waals surface area contributed by atoms with E-state index in [0.29, 0.717) is 5.69 Å².